The van der Waals surface area contributed by atoms with Crippen LogP contribution < -0.4 is 15.9 Å². The van der Waals surface area contributed by atoms with Gasteiger partial charge in [-0.05, 0) is 0 Å². The van der Waals surface area contributed by atoms with Crippen molar-refractivity contribution >= 4 is 42.2 Å². The number of hydrogen-bond acceptors (Lipinski definition) is 0. The van der Waals surface area contributed by atoms with Gasteiger partial charge in [0.25, 0.3) is 0 Å². The van der Waals surface area contributed by atoms with Crippen molar-refractivity contribution in [3.05, 3.63) is 91.0 Å². The third-order valence-corrected chi connectivity index (χ3v) is 16.8. The van der Waals surface area contributed by atoms with Gasteiger partial charge in [-0.2, -0.15) is 0 Å². The van der Waals surface area contributed by atoms with Crippen LogP contribution in [0, 0.1) is 0 Å². The molecule has 0 fully saturated rings. The Balaban J connectivity index is 2.30. The summed E-state index contributed by atoms with van der Waals surface area (Å²) in [6, 6.07) is 27.2. The monoisotopic (exact) mass is 536 g/mol. The van der Waals surface area contributed by atoms with Crippen LogP contribution >= 0.6 is 26.3 Å². The Kier molecular flexibility index (Phi) is 6.08. The van der Waals surface area contributed by atoms with Gasteiger partial charge in [0.15, 0.2) is 0 Å². The minimum atomic E-state index is -5.58. The second kappa shape index (κ2) is 7.95. The first-order chi connectivity index (χ1) is 13.6. The molecule has 0 aromatic heterocycles. The average Bonchev–Trinajstić information content (AvgIpc) is 2.73. The summed E-state index contributed by atoms with van der Waals surface area (Å²) in [5.41, 5.74) is 0. The van der Waals surface area contributed by atoms with Gasteiger partial charge in [0, 0.05) is 0 Å². The SMILES string of the molecule is FC(F)(F)C(F)(F)CCP(I)(c1ccccc1)(c1ccccc1)c1ccccc1. The van der Waals surface area contributed by atoms with Gasteiger partial charge in [-0.3, -0.25) is 0 Å². The van der Waals surface area contributed by atoms with E-state index in [-0.39, 0.29) is 6.16 Å². The van der Waals surface area contributed by atoms with E-state index in [1.807, 2.05) is 54.6 Å². The minimum absolute atomic E-state index is 0.309. The summed E-state index contributed by atoms with van der Waals surface area (Å²) in [6.45, 7) is 0. The number of hydrogen-bond donors (Lipinski definition) is 0. The van der Waals surface area contributed by atoms with E-state index in [0.29, 0.717) is 0 Å². The molecule has 0 unspecified atom stereocenters. The van der Waals surface area contributed by atoms with Crippen molar-refractivity contribution in [3.8, 4) is 0 Å². The molecule has 3 rings (SSSR count). The zero-order chi connectivity index (χ0) is 21.2. The van der Waals surface area contributed by atoms with Crippen molar-refractivity contribution in [2.75, 3.05) is 6.16 Å². The molecule has 0 saturated carbocycles. The van der Waals surface area contributed by atoms with Crippen LogP contribution in [-0.2, 0) is 0 Å². The van der Waals surface area contributed by atoms with Gasteiger partial charge in [0.05, 0.1) is 0 Å². The molecule has 0 aliphatic rings. The van der Waals surface area contributed by atoms with Crippen LogP contribution in [0.5, 0.6) is 0 Å². The van der Waals surface area contributed by atoms with E-state index in [0.717, 1.165) is 15.9 Å². The molecule has 0 spiro atoms. The van der Waals surface area contributed by atoms with E-state index in [1.165, 1.54) is 0 Å². The van der Waals surface area contributed by atoms with Gasteiger partial charge in [0.2, 0.25) is 0 Å². The molecule has 0 heterocycles. The second-order valence-corrected chi connectivity index (χ2v) is 17.6. The molecular weight excluding hydrogens is 517 g/mol. The Morgan fingerprint density at radius 1 is 0.586 bits per heavy atom. The predicted octanol–water partition coefficient (Wildman–Crippen LogP) is 6.45. The summed E-state index contributed by atoms with van der Waals surface area (Å²) in [5, 5.41) is 2.32. The normalized spacial score (nSPS) is 14.2. The Hall–Kier alpha value is -1.53. The van der Waals surface area contributed by atoms with Crippen molar-refractivity contribution in [3.63, 3.8) is 0 Å². The van der Waals surface area contributed by atoms with E-state index in [9.17, 15) is 22.0 Å². The van der Waals surface area contributed by atoms with Gasteiger partial charge in [-0.1, -0.05) is 0 Å². The summed E-state index contributed by atoms with van der Waals surface area (Å²) in [6.07, 6.45) is -7.17. The van der Waals surface area contributed by atoms with Crippen LogP contribution in [0.3, 0.4) is 0 Å². The summed E-state index contributed by atoms with van der Waals surface area (Å²) in [7, 11) is 0. The number of halogens is 6. The topological polar surface area (TPSA) is 0 Å². The molecule has 154 valence electrons. The number of alkyl halides is 5. The van der Waals surface area contributed by atoms with E-state index in [2.05, 4.69) is 22.0 Å². The fraction of sp³-hybridized carbons (Fsp3) is 0.182. The first-order valence-electron chi connectivity index (χ1n) is 8.94. The first-order valence-corrected chi connectivity index (χ1v) is 14.1. The molecule has 0 saturated heterocycles. The van der Waals surface area contributed by atoms with Crippen LogP contribution in [0.15, 0.2) is 91.0 Å². The van der Waals surface area contributed by atoms with E-state index in [4.69, 9.17) is 0 Å². The Morgan fingerprint density at radius 2 is 0.897 bits per heavy atom. The molecule has 7 heteroatoms. The van der Waals surface area contributed by atoms with Crippen LogP contribution in [0.25, 0.3) is 0 Å². The van der Waals surface area contributed by atoms with Crippen molar-refractivity contribution in [2.24, 2.45) is 0 Å². The summed E-state index contributed by atoms with van der Waals surface area (Å²) in [4.78, 5) is 0. The van der Waals surface area contributed by atoms with Crippen molar-refractivity contribution in [1.82, 2.24) is 0 Å². The molecule has 3 aromatic rings. The fourth-order valence-electron chi connectivity index (χ4n) is 3.54. The third-order valence-electron chi connectivity index (χ3n) is 5.14. The molecule has 3 aromatic carbocycles. The third kappa shape index (κ3) is 3.93. The standard InChI is InChI=1S/C22H19F5IP/c23-21(24,22(25,26)27)16-17-29(28,18-10-4-1-5-11-18,19-12-6-2-7-13-19)20-14-8-3-9-15-20/h1-15H,16-17H2. The Labute approximate surface area is 179 Å². The number of rotatable bonds is 6. The van der Waals surface area contributed by atoms with E-state index < -0.39 is 22.8 Å². The van der Waals surface area contributed by atoms with Gasteiger partial charge in [-0.25, -0.2) is 0 Å². The van der Waals surface area contributed by atoms with Crippen LogP contribution in [-0.4, -0.2) is 18.3 Å². The maximum absolute atomic E-state index is 14.1. The molecule has 0 nitrogen and oxygen atoms in total. The van der Waals surface area contributed by atoms with E-state index >= 15 is 0 Å². The Bertz CT molecular complexity index is 844. The summed E-state index contributed by atoms with van der Waals surface area (Å²) < 4.78 is 63.5. The van der Waals surface area contributed by atoms with Gasteiger partial charge in [-0.15, -0.1) is 0 Å². The first kappa shape index (κ1) is 22.2. The van der Waals surface area contributed by atoms with Gasteiger partial charge in [0.1, 0.15) is 0 Å². The molecule has 0 aliphatic heterocycles. The summed E-state index contributed by atoms with van der Waals surface area (Å²) >= 11 is 2.20. The van der Waals surface area contributed by atoms with Crippen LogP contribution in [0.4, 0.5) is 22.0 Å². The summed E-state index contributed by atoms with van der Waals surface area (Å²) in [5.74, 6) is -4.76. The molecular formula is C22H19F5IP. The quantitative estimate of drug-likeness (QED) is 0.193. The molecule has 0 aliphatic carbocycles. The molecule has 0 amide bonds. The molecule has 0 radical (unpaired) electrons. The van der Waals surface area contributed by atoms with Crippen molar-refractivity contribution in [1.29, 1.82) is 0 Å². The molecule has 0 atom stereocenters. The Morgan fingerprint density at radius 3 is 1.17 bits per heavy atom. The second-order valence-electron chi connectivity index (χ2n) is 6.87. The van der Waals surface area contributed by atoms with Crippen LogP contribution in [0.1, 0.15) is 6.42 Å². The van der Waals surface area contributed by atoms with Crippen molar-refractivity contribution < 1.29 is 22.0 Å². The zero-order valence-electron chi connectivity index (χ0n) is 15.3. The van der Waals surface area contributed by atoms with Gasteiger partial charge >= 0.3 is 180 Å². The average molecular weight is 536 g/mol. The van der Waals surface area contributed by atoms with Gasteiger partial charge < -0.3 is 0 Å². The molecule has 0 bridgehead atoms. The maximum atomic E-state index is 14.1. The van der Waals surface area contributed by atoms with Crippen molar-refractivity contribution in [2.45, 2.75) is 18.5 Å². The van der Waals surface area contributed by atoms with Crippen LogP contribution in [0.2, 0.25) is 0 Å². The molecule has 0 N–H and O–H groups in total. The molecule has 29 heavy (non-hydrogen) atoms. The van der Waals surface area contributed by atoms with E-state index in [1.54, 1.807) is 36.4 Å². The fourth-order valence-corrected chi connectivity index (χ4v) is 11.9. The predicted molar refractivity (Wildman–Crippen MR) is 120 cm³/mol. The number of benzene rings is 3. The zero-order valence-corrected chi connectivity index (χ0v) is 18.3.